The first-order chi connectivity index (χ1) is 6.49. The van der Waals surface area contributed by atoms with Crippen molar-refractivity contribution in [2.75, 3.05) is 13.6 Å². The predicted octanol–water partition coefficient (Wildman–Crippen LogP) is -0.179. The first-order valence-electron chi connectivity index (χ1n) is 4.66. The first kappa shape index (κ1) is 12.9. The molecule has 0 saturated heterocycles. The van der Waals surface area contributed by atoms with Gasteiger partial charge in [0.1, 0.15) is 0 Å². The molecule has 82 valence electrons. The molecule has 5 nitrogen and oxygen atoms in total. The van der Waals surface area contributed by atoms with Gasteiger partial charge in [-0.15, -0.1) is 0 Å². The van der Waals surface area contributed by atoms with Gasteiger partial charge in [0.05, 0.1) is 12.0 Å². The van der Waals surface area contributed by atoms with E-state index in [-0.39, 0.29) is 11.9 Å². The number of carboxylic acid groups (broad SMARTS) is 1. The molecule has 5 heteroatoms. The molecule has 1 amide bonds. The van der Waals surface area contributed by atoms with Gasteiger partial charge in [0, 0.05) is 6.54 Å². The highest BCUT2D eigenvalue weighted by Crippen LogP contribution is 1.99. The Morgan fingerprint density at radius 1 is 1.36 bits per heavy atom. The van der Waals surface area contributed by atoms with Crippen molar-refractivity contribution in [2.24, 2.45) is 5.92 Å². The van der Waals surface area contributed by atoms with E-state index >= 15 is 0 Å². The van der Waals surface area contributed by atoms with Crippen molar-refractivity contribution in [3.05, 3.63) is 0 Å². The van der Waals surface area contributed by atoms with E-state index in [0.717, 1.165) is 0 Å². The average Bonchev–Trinajstić information content (AvgIpc) is 2.15. The fourth-order valence-corrected chi connectivity index (χ4v) is 0.820. The van der Waals surface area contributed by atoms with Crippen LogP contribution in [0.25, 0.3) is 0 Å². The number of rotatable bonds is 6. The third kappa shape index (κ3) is 4.81. The minimum atomic E-state index is -0.832. The molecule has 0 spiro atoms. The highest BCUT2D eigenvalue weighted by molar-refractivity contribution is 5.81. The summed E-state index contributed by atoms with van der Waals surface area (Å²) in [6, 6.07) is -0.241. The van der Waals surface area contributed by atoms with Gasteiger partial charge in [0.2, 0.25) is 5.91 Å². The molecule has 0 rings (SSSR count). The van der Waals surface area contributed by atoms with Gasteiger partial charge in [-0.2, -0.15) is 0 Å². The molecule has 0 aliphatic rings. The van der Waals surface area contributed by atoms with Crippen molar-refractivity contribution < 1.29 is 14.7 Å². The molecule has 2 atom stereocenters. The van der Waals surface area contributed by atoms with E-state index in [2.05, 4.69) is 10.6 Å². The zero-order chi connectivity index (χ0) is 11.1. The fourth-order valence-electron chi connectivity index (χ4n) is 0.820. The van der Waals surface area contributed by atoms with Crippen molar-refractivity contribution in [1.82, 2.24) is 10.6 Å². The van der Waals surface area contributed by atoms with E-state index in [0.29, 0.717) is 13.0 Å². The number of nitrogens with one attached hydrogen (secondary N) is 2. The van der Waals surface area contributed by atoms with Crippen molar-refractivity contribution >= 4 is 11.9 Å². The van der Waals surface area contributed by atoms with Crippen molar-refractivity contribution in [1.29, 1.82) is 0 Å². The number of likely N-dealkylation sites (N-methyl/N-ethyl adjacent to an activating group) is 1. The molecule has 0 radical (unpaired) electrons. The van der Waals surface area contributed by atoms with E-state index in [1.165, 1.54) is 0 Å². The van der Waals surface area contributed by atoms with Crippen LogP contribution in [0.5, 0.6) is 0 Å². The Bertz CT molecular complexity index is 206. The van der Waals surface area contributed by atoms with Gasteiger partial charge in [0.25, 0.3) is 0 Å². The third-order valence-electron chi connectivity index (χ3n) is 2.12. The monoisotopic (exact) mass is 202 g/mol. The molecule has 0 aromatic heterocycles. The minimum absolute atomic E-state index is 0.106. The van der Waals surface area contributed by atoms with Crippen molar-refractivity contribution in [2.45, 2.75) is 26.3 Å². The summed E-state index contributed by atoms with van der Waals surface area (Å²) >= 11 is 0. The topological polar surface area (TPSA) is 78.4 Å². The van der Waals surface area contributed by atoms with E-state index < -0.39 is 11.9 Å². The number of hydrogen-bond donors (Lipinski definition) is 3. The Morgan fingerprint density at radius 2 is 1.93 bits per heavy atom. The second-order valence-electron chi connectivity index (χ2n) is 3.33. The summed E-state index contributed by atoms with van der Waals surface area (Å²) in [6.07, 6.45) is 0.456. The summed E-state index contributed by atoms with van der Waals surface area (Å²) in [5, 5.41) is 14.0. The molecule has 14 heavy (non-hydrogen) atoms. The second-order valence-corrected chi connectivity index (χ2v) is 3.33. The third-order valence-corrected chi connectivity index (χ3v) is 2.12. The summed E-state index contributed by atoms with van der Waals surface area (Å²) in [4.78, 5) is 21.6. The Morgan fingerprint density at radius 3 is 2.36 bits per heavy atom. The lowest BCUT2D eigenvalue weighted by atomic mass is 10.1. The van der Waals surface area contributed by atoms with Crippen LogP contribution >= 0.6 is 0 Å². The summed E-state index contributed by atoms with van der Waals surface area (Å²) in [5.74, 6) is -1.36. The number of carbonyl (C=O) groups excluding carboxylic acids is 1. The minimum Gasteiger partial charge on any atom is -0.481 e. The average molecular weight is 202 g/mol. The lowest BCUT2D eigenvalue weighted by Crippen LogP contribution is -2.41. The summed E-state index contributed by atoms with van der Waals surface area (Å²) < 4.78 is 0. The number of carbonyl (C=O) groups is 2. The van der Waals surface area contributed by atoms with Gasteiger partial charge in [-0.1, -0.05) is 6.92 Å². The molecule has 0 heterocycles. The van der Waals surface area contributed by atoms with E-state index in [1.807, 2.05) is 0 Å². The second kappa shape index (κ2) is 6.37. The van der Waals surface area contributed by atoms with Crippen LogP contribution in [0, 0.1) is 5.92 Å². The molecule has 3 N–H and O–H groups in total. The lowest BCUT2D eigenvalue weighted by Gasteiger charge is -2.11. The molecule has 0 aromatic rings. The van der Waals surface area contributed by atoms with Crippen LogP contribution in [-0.2, 0) is 9.59 Å². The zero-order valence-corrected chi connectivity index (χ0v) is 8.83. The van der Waals surface area contributed by atoms with Crippen molar-refractivity contribution in [3.63, 3.8) is 0 Å². The summed E-state index contributed by atoms with van der Waals surface area (Å²) in [6.45, 7) is 3.77. The van der Waals surface area contributed by atoms with Gasteiger partial charge in [-0.25, -0.2) is 0 Å². The van der Waals surface area contributed by atoms with Gasteiger partial charge >= 0.3 is 5.97 Å². The smallest absolute Gasteiger partial charge is 0.306 e. The normalized spacial score (nSPS) is 14.5. The van der Waals surface area contributed by atoms with Crippen molar-refractivity contribution in [3.8, 4) is 0 Å². The first-order valence-corrected chi connectivity index (χ1v) is 4.66. The van der Waals surface area contributed by atoms with Gasteiger partial charge in [0.15, 0.2) is 0 Å². The molecule has 2 unspecified atom stereocenters. The number of amides is 1. The molecular formula is C9H18N2O3. The maximum Gasteiger partial charge on any atom is 0.306 e. The van der Waals surface area contributed by atoms with E-state index in [9.17, 15) is 9.59 Å². The van der Waals surface area contributed by atoms with Crippen LogP contribution in [0.2, 0.25) is 0 Å². The van der Waals surface area contributed by atoms with Gasteiger partial charge in [-0.3, -0.25) is 9.59 Å². The lowest BCUT2D eigenvalue weighted by molar-refractivity contribution is -0.141. The maximum atomic E-state index is 11.2. The number of hydrogen-bond acceptors (Lipinski definition) is 3. The molecule has 0 bridgehead atoms. The van der Waals surface area contributed by atoms with Crippen LogP contribution in [-0.4, -0.2) is 36.6 Å². The Kier molecular flexibility index (Phi) is 5.87. The SMILES string of the molecule is CNC(C)C(=O)NCCC(C)C(=O)O. The van der Waals surface area contributed by atoms with Crippen LogP contribution in [0.1, 0.15) is 20.3 Å². The van der Waals surface area contributed by atoms with Gasteiger partial charge < -0.3 is 15.7 Å². The van der Waals surface area contributed by atoms with Crippen LogP contribution < -0.4 is 10.6 Å². The Labute approximate surface area is 83.9 Å². The molecule has 0 fully saturated rings. The summed E-state index contributed by atoms with van der Waals surface area (Å²) in [7, 11) is 1.70. The number of aliphatic carboxylic acids is 1. The molecule has 0 aromatic carbocycles. The molecule has 0 aliphatic carbocycles. The van der Waals surface area contributed by atoms with E-state index in [4.69, 9.17) is 5.11 Å². The largest absolute Gasteiger partial charge is 0.481 e. The predicted molar refractivity (Wildman–Crippen MR) is 52.9 cm³/mol. The quantitative estimate of drug-likeness (QED) is 0.558. The van der Waals surface area contributed by atoms with Crippen LogP contribution in [0.3, 0.4) is 0 Å². The van der Waals surface area contributed by atoms with Crippen LogP contribution in [0.4, 0.5) is 0 Å². The highest BCUT2D eigenvalue weighted by Gasteiger charge is 2.12. The number of carboxylic acids is 1. The summed E-state index contributed by atoms with van der Waals surface area (Å²) in [5.41, 5.74) is 0. The van der Waals surface area contributed by atoms with Crippen LogP contribution in [0.15, 0.2) is 0 Å². The van der Waals surface area contributed by atoms with Gasteiger partial charge in [-0.05, 0) is 20.4 Å². The Balaban J connectivity index is 3.64. The fraction of sp³-hybridized carbons (Fsp3) is 0.778. The molecule has 0 saturated carbocycles. The van der Waals surface area contributed by atoms with E-state index in [1.54, 1.807) is 20.9 Å². The maximum absolute atomic E-state index is 11.2. The zero-order valence-electron chi connectivity index (χ0n) is 8.83. The molecule has 0 aliphatic heterocycles. The molecular weight excluding hydrogens is 184 g/mol. The Hall–Kier alpha value is -1.10. The highest BCUT2D eigenvalue weighted by atomic mass is 16.4. The standard InChI is InChI=1S/C9H18N2O3/c1-6(9(13)14)4-5-11-8(12)7(2)10-3/h6-7,10H,4-5H2,1-3H3,(H,11,12)(H,13,14).